The molecular weight excluding hydrogens is 294 g/mol. The molecule has 1 heterocycles. The highest BCUT2D eigenvalue weighted by Crippen LogP contribution is 2.17. The minimum Gasteiger partial charge on any atom is -0.389 e. The zero-order valence-corrected chi connectivity index (χ0v) is 12.7. The highest BCUT2D eigenvalue weighted by molar-refractivity contribution is 7.89. The fourth-order valence-electron chi connectivity index (χ4n) is 1.79. The van der Waals surface area contributed by atoms with Crippen LogP contribution in [0.4, 0.5) is 0 Å². The van der Waals surface area contributed by atoms with Crippen LogP contribution in [0.3, 0.4) is 0 Å². The first-order chi connectivity index (χ1) is 9.49. The Kier molecular flexibility index (Phi) is 4.93. The molecule has 0 radical (unpaired) electrons. The fraction of sp³-hybridized carbons (Fsp3) is 0.286. The Morgan fingerprint density at radius 2 is 2.10 bits per heavy atom. The number of benzene rings is 1. The third-order valence-corrected chi connectivity index (χ3v) is 5.29. The summed E-state index contributed by atoms with van der Waals surface area (Å²) in [5, 5.41) is 11.5. The van der Waals surface area contributed by atoms with Crippen molar-refractivity contribution < 1.29 is 13.5 Å². The van der Waals surface area contributed by atoms with E-state index in [9.17, 15) is 13.5 Å². The van der Waals surface area contributed by atoms with Crippen LogP contribution in [0.15, 0.2) is 46.7 Å². The average Bonchev–Trinajstić information content (AvgIpc) is 2.92. The van der Waals surface area contributed by atoms with Crippen molar-refractivity contribution in [3.05, 3.63) is 52.2 Å². The van der Waals surface area contributed by atoms with E-state index in [0.29, 0.717) is 18.5 Å². The number of aliphatic hydroxyl groups excluding tert-OH is 1. The van der Waals surface area contributed by atoms with Gasteiger partial charge < -0.3 is 5.11 Å². The van der Waals surface area contributed by atoms with Gasteiger partial charge in [-0.3, -0.25) is 0 Å². The SMILES string of the molecule is CC(O)c1cccc(S(=O)(=O)NCCc2cccs2)c1. The molecule has 6 heteroatoms. The Hall–Kier alpha value is -1.21. The van der Waals surface area contributed by atoms with Crippen LogP contribution in [0, 0.1) is 0 Å². The molecule has 1 aromatic carbocycles. The molecule has 2 rings (SSSR count). The maximum atomic E-state index is 12.1. The summed E-state index contributed by atoms with van der Waals surface area (Å²) in [4.78, 5) is 1.33. The predicted octanol–water partition coefficient (Wildman–Crippen LogP) is 2.32. The molecule has 4 nitrogen and oxygen atoms in total. The highest BCUT2D eigenvalue weighted by Gasteiger charge is 2.14. The van der Waals surface area contributed by atoms with Gasteiger partial charge in [0.05, 0.1) is 11.0 Å². The number of aliphatic hydroxyl groups is 1. The molecule has 0 saturated heterocycles. The van der Waals surface area contributed by atoms with E-state index < -0.39 is 16.1 Å². The van der Waals surface area contributed by atoms with E-state index in [1.54, 1.807) is 30.4 Å². The first kappa shape index (κ1) is 15.2. The number of sulfonamides is 1. The molecule has 0 bridgehead atoms. The molecule has 2 aromatic rings. The second-order valence-electron chi connectivity index (χ2n) is 4.48. The van der Waals surface area contributed by atoms with Gasteiger partial charge in [-0.1, -0.05) is 18.2 Å². The van der Waals surface area contributed by atoms with Crippen molar-refractivity contribution in [2.75, 3.05) is 6.54 Å². The Bertz CT molecular complexity index is 649. The molecule has 0 aliphatic rings. The molecule has 20 heavy (non-hydrogen) atoms. The summed E-state index contributed by atoms with van der Waals surface area (Å²) < 4.78 is 26.9. The monoisotopic (exact) mass is 311 g/mol. The smallest absolute Gasteiger partial charge is 0.240 e. The van der Waals surface area contributed by atoms with Crippen molar-refractivity contribution in [2.24, 2.45) is 0 Å². The summed E-state index contributed by atoms with van der Waals surface area (Å²) in [5.41, 5.74) is 0.589. The van der Waals surface area contributed by atoms with Gasteiger partial charge in [-0.2, -0.15) is 0 Å². The maximum absolute atomic E-state index is 12.1. The van der Waals surface area contributed by atoms with Gasteiger partial charge in [0.15, 0.2) is 0 Å². The third kappa shape index (κ3) is 3.89. The van der Waals surface area contributed by atoms with E-state index in [0.717, 1.165) is 4.88 Å². The minimum absolute atomic E-state index is 0.182. The zero-order valence-electron chi connectivity index (χ0n) is 11.1. The Labute approximate surface area is 123 Å². The van der Waals surface area contributed by atoms with Gasteiger partial charge in [0, 0.05) is 11.4 Å². The van der Waals surface area contributed by atoms with Crippen LogP contribution in [0.5, 0.6) is 0 Å². The third-order valence-electron chi connectivity index (χ3n) is 2.89. The first-order valence-electron chi connectivity index (χ1n) is 6.29. The van der Waals surface area contributed by atoms with E-state index >= 15 is 0 Å². The second-order valence-corrected chi connectivity index (χ2v) is 7.27. The summed E-state index contributed by atoms with van der Waals surface area (Å²) in [6, 6.07) is 10.3. The number of nitrogens with one attached hydrogen (secondary N) is 1. The molecule has 1 atom stereocenters. The molecule has 0 aliphatic carbocycles. The molecule has 108 valence electrons. The van der Waals surface area contributed by atoms with Gasteiger partial charge in [0.2, 0.25) is 10.0 Å². The summed E-state index contributed by atoms with van der Waals surface area (Å²) in [5.74, 6) is 0. The van der Waals surface area contributed by atoms with Crippen LogP contribution < -0.4 is 4.72 Å². The van der Waals surface area contributed by atoms with E-state index in [-0.39, 0.29) is 4.90 Å². The number of hydrogen-bond donors (Lipinski definition) is 2. The largest absolute Gasteiger partial charge is 0.389 e. The standard InChI is InChI=1S/C14H17NO3S2/c1-11(16)12-4-2-6-14(10-12)20(17,18)15-8-7-13-5-3-9-19-13/h2-6,9-11,15-16H,7-8H2,1H3. The van der Waals surface area contributed by atoms with Gasteiger partial charge in [-0.25, -0.2) is 13.1 Å². The highest BCUT2D eigenvalue weighted by atomic mass is 32.2. The predicted molar refractivity (Wildman–Crippen MR) is 80.3 cm³/mol. The van der Waals surface area contributed by atoms with E-state index in [4.69, 9.17) is 0 Å². The first-order valence-corrected chi connectivity index (χ1v) is 8.65. The zero-order chi connectivity index (χ0) is 14.6. The molecule has 0 saturated carbocycles. The second kappa shape index (κ2) is 6.49. The van der Waals surface area contributed by atoms with Crippen molar-refractivity contribution in [3.63, 3.8) is 0 Å². The van der Waals surface area contributed by atoms with Crippen LogP contribution in [0.1, 0.15) is 23.5 Å². The normalized spacial score (nSPS) is 13.3. The topological polar surface area (TPSA) is 66.4 Å². The quantitative estimate of drug-likeness (QED) is 0.860. The molecule has 0 spiro atoms. The van der Waals surface area contributed by atoms with Gasteiger partial charge in [0.1, 0.15) is 0 Å². The Morgan fingerprint density at radius 3 is 2.75 bits per heavy atom. The Morgan fingerprint density at radius 1 is 1.30 bits per heavy atom. The van der Waals surface area contributed by atoms with Crippen molar-refractivity contribution in [2.45, 2.75) is 24.3 Å². The van der Waals surface area contributed by atoms with Crippen LogP contribution in [-0.4, -0.2) is 20.1 Å². The van der Waals surface area contributed by atoms with Crippen molar-refractivity contribution >= 4 is 21.4 Å². The summed E-state index contributed by atoms with van der Waals surface area (Å²) in [7, 11) is -3.53. The minimum atomic E-state index is -3.53. The number of thiophene rings is 1. The summed E-state index contributed by atoms with van der Waals surface area (Å²) in [6.07, 6.45) is -0.0104. The number of hydrogen-bond acceptors (Lipinski definition) is 4. The van der Waals surface area contributed by atoms with Crippen LogP contribution in [0.2, 0.25) is 0 Å². The van der Waals surface area contributed by atoms with Crippen LogP contribution in [-0.2, 0) is 16.4 Å². The molecule has 1 unspecified atom stereocenters. The molecule has 0 aliphatic heterocycles. The fourth-order valence-corrected chi connectivity index (χ4v) is 3.58. The van der Waals surface area contributed by atoms with E-state index in [2.05, 4.69) is 4.72 Å². The lowest BCUT2D eigenvalue weighted by molar-refractivity contribution is 0.199. The number of rotatable bonds is 6. The van der Waals surface area contributed by atoms with Gasteiger partial charge in [-0.15, -0.1) is 11.3 Å². The van der Waals surface area contributed by atoms with Gasteiger partial charge in [0.25, 0.3) is 0 Å². The van der Waals surface area contributed by atoms with Crippen molar-refractivity contribution in [1.82, 2.24) is 4.72 Å². The Balaban J connectivity index is 2.04. The van der Waals surface area contributed by atoms with Crippen molar-refractivity contribution in [1.29, 1.82) is 0 Å². The molecule has 2 N–H and O–H groups in total. The lowest BCUT2D eigenvalue weighted by Gasteiger charge is -2.09. The van der Waals surface area contributed by atoms with E-state index in [1.165, 1.54) is 12.1 Å². The van der Waals surface area contributed by atoms with Crippen molar-refractivity contribution in [3.8, 4) is 0 Å². The lowest BCUT2D eigenvalue weighted by atomic mass is 10.1. The van der Waals surface area contributed by atoms with Gasteiger partial charge in [-0.05, 0) is 42.5 Å². The van der Waals surface area contributed by atoms with Crippen LogP contribution >= 0.6 is 11.3 Å². The van der Waals surface area contributed by atoms with Crippen LogP contribution in [0.25, 0.3) is 0 Å². The summed E-state index contributed by atoms with van der Waals surface area (Å²) >= 11 is 1.61. The maximum Gasteiger partial charge on any atom is 0.240 e. The lowest BCUT2D eigenvalue weighted by Crippen LogP contribution is -2.26. The molecular formula is C14H17NO3S2. The molecule has 0 amide bonds. The molecule has 1 aromatic heterocycles. The molecule has 0 fully saturated rings. The van der Waals surface area contributed by atoms with Gasteiger partial charge >= 0.3 is 0 Å². The average molecular weight is 311 g/mol. The van der Waals surface area contributed by atoms with E-state index in [1.807, 2.05) is 17.5 Å². The summed E-state index contributed by atoms with van der Waals surface area (Å²) in [6.45, 7) is 1.97.